The number of hydrogen-bond acceptors (Lipinski definition) is 7. The van der Waals surface area contributed by atoms with E-state index in [0.717, 1.165) is 22.6 Å². The highest BCUT2D eigenvalue weighted by Gasteiger charge is 2.21. The molecule has 1 aromatic carbocycles. The highest BCUT2D eigenvalue weighted by atomic mass is 32.1. The Morgan fingerprint density at radius 2 is 2.04 bits per heavy atom. The van der Waals surface area contributed by atoms with Gasteiger partial charge in [0.1, 0.15) is 5.00 Å². The molecule has 0 bridgehead atoms. The third-order valence-corrected chi connectivity index (χ3v) is 4.75. The largest absolute Gasteiger partial charge is 0.465 e. The van der Waals surface area contributed by atoms with E-state index in [-0.39, 0.29) is 12.2 Å². The van der Waals surface area contributed by atoms with Crippen LogP contribution in [-0.4, -0.2) is 30.5 Å². The van der Waals surface area contributed by atoms with Gasteiger partial charge in [-0.1, -0.05) is 0 Å². The number of carbonyl (C=O) groups excluding carboxylic acids is 2. The topological polar surface area (TPSA) is 111 Å². The van der Waals surface area contributed by atoms with Crippen molar-refractivity contribution in [3.63, 3.8) is 0 Å². The molecule has 0 spiro atoms. The molecule has 0 aliphatic heterocycles. The zero-order valence-corrected chi connectivity index (χ0v) is 15.0. The molecule has 1 heterocycles. The fourth-order valence-corrected chi connectivity index (χ4v) is 3.24. The van der Waals surface area contributed by atoms with Crippen LogP contribution in [0.25, 0.3) is 0 Å². The molecular formula is C16H16FN3O5S. The molecule has 0 unspecified atom stereocenters. The van der Waals surface area contributed by atoms with Crippen LogP contribution in [0.2, 0.25) is 0 Å². The molecule has 0 aliphatic carbocycles. The Labute approximate surface area is 152 Å². The molecule has 0 saturated heterocycles. The van der Waals surface area contributed by atoms with E-state index < -0.39 is 28.3 Å². The summed E-state index contributed by atoms with van der Waals surface area (Å²) in [6.45, 7) is 3.35. The predicted molar refractivity (Wildman–Crippen MR) is 95.3 cm³/mol. The maximum absolute atomic E-state index is 13.3. The van der Waals surface area contributed by atoms with Crippen molar-refractivity contribution in [1.82, 2.24) is 0 Å². The lowest BCUT2D eigenvalue weighted by Gasteiger charge is -2.08. The highest BCUT2D eigenvalue weighted by Crippen LogP contribution is 2.32. The Morgan fingerprint density at radius 3 is 2.65 bits per heavy atom. The molecule has 10 heteroatoms. The number of nitro benzene ring substituents is 1. The molecule has 0 radical (unpaired) electrons. The second-order valence-electron chi connectivity index (χ2n) is 5.30. The summed E-state index contributed by atoms with van der Waals surface area (Å²) in [4.78, 5) is 34.8. The average Bonchev–Trinajstić information content (AvgIpc) is 2.87. The maximum Gasteiger partial charge on any atom is 0.341 e. The monoisotopic (exact) mass is 381 g/mol. The zero-order valence-electron chi connectivity index (χ0n) is 14.2. The number of nitrogens with one attached hydrogen (secondary N) is 2. The Hall–Kier alpha value is -3.01. The summed E-state index contributed by atoms with van der Waals surface area (Å²) in [5, 5.41) is 16.4. The van der Waals surface area contributed by atoms with Crippen molar-refractivity contribution in [3.05, 3.63) is 50.1 Å². The summed E-state index contributed by atoms with van der Waals surface area (Å²) >= 11 is 1.24. The van der Waals surface area contributed by atoms with Crippen LogP contribution >= 0.6 is 11.3 Å². The number of hydrogen-bond donors (Lipinski definition) is 2. The maximum atomic E-state index is 13.3. The van der Waals surface area contributed by atoms with Gasteiger partial charge in [0.2, 0.25) is 11.7 Å². The van der Waals surface area contributed by atoms with Gasteiger partial charge in [-0.3, -0.25) is 14.9 Å². The molecule has 0 atom stereocenters. The second kappa shape index (κ2) is 7.91. The highest BCUT2D eigenvalue weighted by molar-refractivity contribution is 7.16. The van der Waals surface area contributed by atoms with Crippen molar-refractivity contribution in [2.45, 2.75) is 13.8 Å². The molecule has 0 aliphatic rings. The number of ether oxygens (including phenoxy) is 1. The summed E-state index contributed by atoms with van der Waals surface area (Å²) in [7, 11) is 1.25. The predicted octanol–water partition coefficient (Wildman–Crippen LogP) is 3.25. The van der Waals surface area contributed by atoms with Crippen molar-refractivity contribution >= 4 is 39.6 Å². The Morgan fingerprint density at radius 1 is 1.35 bits per heavy atom. The van der Waals surface area contributed by atoms with Gasteiger partial charge in [0.05, 0.1) is 24.1 Å². The lowest BCUT2D eigenvalue weighted by molar-refractivity contribution is -0.387. The number of nitro groups is 1. The van der Waals surface area contributed by atoms with Gasteiger partial charge >= 0.3 is 11.7 Å². The smallest absolute Gasteiger partial charge is 0.341 e. The van der Waals surface area contributed by atoms with Gasteiger partial charge in [0.15, 0.2) is 0 Å². The minimum Gasteiger partial charge on any atom is -0.465 e. The summed E-state index contributed by atoms with van der Waals surface area (Å²) in [5.41, 5.74) is 0.549. The third kappa shape index (κ3) is 4.14. The van der Waals surface area contributed by atoms with Crippen LogP contribution in [-0.2, 0) is 9.53 Å². The SMILES string of the molecule is COC(=O)c1c(NC(=O)CNc2ccc(F)c([N+](=O)[O-])c2)sc(C)c1C. The standard InChI is InChI=1S/C16H16FN3O5S/c1-8-9(2)26-15(14(8)16(22)25-3)19-13(21)7-18-10-4-5-11(17)12(6-10)20(23)24/h4-6,18H,7H2,1-3H3,(H,19,21). The minimum atomic E-state index is -0.961. The van der Waals surface area contributed by atoms with E-state index in [1.807, 2.05) is 6.92 Å². The van der Waals surface area contributed by atoms with Crippen LogP contribution in [0.3, 0.4) is 0 Å². The Bertz CT molecular complexity index is 881. The van der Waals surface area contributed by atoms with Crippen LogP contribution in [0.15, 0.2) is 18.2 Å². The number of methoxy groups -OCH3 is 1. The first-order valence-corrected chi connectivity index (χ1v) is 8.22. The van der Waals surface area contributed by atoms with Crippen LogP contribution in [0.1, 0.15) is 20.8 Å². The van der Waals surface area contributed by atoms with Gasteiger partial charge in [-0.05, 0) is 31.5 Å². The second-order valence-corrected chi connectivity index (χ2v) is 6.53. The first-order valence-electron chi connectivity index (χ1n) is 7.40. The number of anilines is 2. The normalized spacial score (nSPS) is 10.3. The van der Waals surface area contributed by atoms with Crippen molar-refractivity contribution in [2.75, 3.05) is 24.3 Å². The molecule has 2 rings (SSSR count). The summed E-state index contributed by atoms with van der Waals surface area (Å²) in [6.07, 6.45) is 0. The molecule has 1 aromatic heterocycles. The van der Waals surface area contributed by atoms with Crippen molar-refractivity contribution < 1.29 is 23.6 Å². The minimum absolute atomic E-state index is 0.222. The molecule has 2 aromatic rings. The van der Waals surface area contributed by atoms with Crippen LogP contribution < -0.4 is 10.6 Å². The molecule has 0 fully saturated rings. The molecule has 0 saturated carbocycles. The molecule has 138 valence electrons. The number of benzene rings is 1. The molecular weight excluding hydrogens is 365 g/mol. The number of rotatable bonds is 6. The van der Waals surface area contributed by atoms with Crippen LogP contribution in [0.5, 0.6) is 0 Å². The van der Waals surface area contributed by atoms with Crippen LogP contribution in [0.4, 0.5) is 20.8 Å². The Balaban J connectivity index is 2.09. The molecule has 2 N–H and O–H groups in total. The number of nitrogens with zero attached hydrogens (tertiary/aromatic N) is 1. The number of thiophene rings is 1. The van der Waals surface area contributed by atoms with Crippen molar-refractivity contribution in [1.29, 1.82) is 0 Å². The lowest BCUT2D eigenvalue weighted by Crippen LogP contribution is -2.22. The first kappa shape index (κ1) is 19.3. The third-order valence-electron chi connectivity index (χ3n) is 3.62. The molecule has 1 amide bonds. The van der Waals surface area contributed by atoms with E-state index in [2.05, 4.69) is 10.6 Å². The summed E-state index contributed by atoms with van der Waals surface area (Å²) in [6, 6.07) is 3.23. The van der Waals surface area contributed by atoms with E-state index in [1.54, 1.807) is 6.92 Å². The van der Waals surface area contributed by atoms with E-state index in [0.29, 0.717) is 10.6 Å². The fraction of sp³-hybridized carbons (Fsp3) is 0.250. The molecule has 8 nitrogen and oxygen atoms in total. The average molecular weight is 381 g/mol. The van der Waals surface area contributed by atoms with E-state index in [9.17, 15) is 24.1 Å². The molecule has 26 heavy (non-hydrogen) atoms. The number of halogens is 1. The van der Waals surface area contributed by atoms with Crippen molar-refractivity contribution in [3.8, 4) is 0 Å². The van der Waals surface area contributed by atoms with Gasteiger partial charge < -0.3 is 15.4 Å². The number of amides is 1. The number of aryl methyl sites for hydroxylation is 1. The quantitative estimate of drug-likeness (QED) is 0.451. The zero-order chi connectivity index (χ0) is 19.4. The number of carbonyl (C=O) groups is 2. The lowest BCUT2D eigenvalue weighted by atomic mass is 10.1. The van der Waals surface area contributed by atoms with Crippen molar-refractivity contribution in [2.24, 2.45) is 0 Å². The van der Waals surface area contributed by atoms with E-state index in [4.69, 9.17) is 4.74 Å². The Kier molecular flexibility index (Phi) is 5.88. The van der Waals surface area contributed by atoms with E-state index in [1.165, 1.54) is 24.5 Å². The van der Waals surface area contributed by atoms with Gasteiger partial charge in [-0.25, -0.2) is 4.79 Å². The van der Waals surface area contributed by atoms with E-state index >= 15 is 0 Å². The van der Waals surface area contributed by atoms with Crippen LogP contribution in [0, 0.1) is 29.8 Å². The van der Waals surface area contributed by atoms with Gasteiger partial charge in [-0.2, -0.15) is 4.39 Å². The van der Waals surface area contributed by atoms with Gasteiger partial charge in [0, 0.05) is 16.6 Å². The summed E-state index contributed by atoms with van der Waals surface area (Å²) in [5.74, 6) is -1.98. The van der Waals surface area contributed by atoms with Gasteiger partial charge in [-0.15, -0.1) is 11.3 Å². The number of esters is 1. The first-order chi connectivity index (χ1) is 12.2. The van der Waals surface area contributed by atoms with Gasteiger partial charge in [0.25, 0.3) is 0 Å². The summed E-state index contributed by atoms with van der Waals surface area (Å²) < 4.78 is 18.0. The fourth-order valence-electron chi connectivity index (χ4n) is 2.18.